The van der Waals surface area contributed by atoms with Crippen LogP contribution in [0.3, 0.4) is 0 Å². The molecule has 0 aromatic heterocycles. The molecule has 0 bridgehead atoms. The van der Waals surface area contributed by atoms with Gasteiger partial charge in [-0.25, -0.2) is 0 Å². The van der Waals surface area contributed by atoms with Gasteiger partial charge in [0, 0.05) is 0 Å². The summed E-state index contributed by atoms with van der Waals surface area (Å²) in [6, 6.07) is 10.8. The molecule has 0 aliphatic heterocycles. The van der Waals surface area contributed by atoms with E-state index in [4.69, 9.17) is 0 Å². The fraction of sp³-hybridized carbons (Fsp3) is 0.714. The molecule has 0 amide bonds. The Labute approximate surface area is 157 Å². The van der Waals surface area contributed by atoms with E-state index >= 15 is 0 Å². The van der Waals surface area contributed by atoms with Crippen LogP contribution in [0.4, 0.5) is 0 Å². The van der Waals surface area contributed by atoms with E-state index in [1.165, 1.54) is 23.7 Å². The van der Waals surface area contributed by atoms with Crippen LogP contribution in [0.25, 0.3) is 10.4 Å². The van der Waals surface area contributed by atoms with Gasteiger partial charge < -0.3 is 0 Å². The molecule has 0 N–H and O–H groups in total. The van der Waals surface area contributed by atoms with E-state index in [9.17, 15) is 5.53 Å². The van der Waals surface area contributed by atoms with Gasteiger partial charge in [-0.15, -0.1) is 0 Å². The Hall–Kier alpha value is -0.951. The second-order valence-electron chi connectivity index (χ2n) is 9.13. The van der Waals surface area contributed by atoms with Crippen LogP contribution >= 0.6 is 0 Å². The first-order chi connectivity index (χ1) is 12.0. The Bertz CT molecular complexity index is 682. The molecule has 0 heterocycles. The second-order valence-corrected chi connectivity index (χ2v) is 11.3. The Morgan fingerprint density at radius 1 is 1.16 bits per heavy atom. The van der Waals surface area contributed by atoms with Gasteiger partial charge in [-0.3, -0.25) is 0 Å². The molecule has 1 aromatic rings. The maximum absolute atomic E-state index is 9.40. The van der Waals surface area contributed by atoms with Crippen molar-refractivity contribution in [1.82, 2.24) is 0 Å². The second kappa shape index (κ2) is 6.34. The Morgan fingerprint density at radius 2 is 1.92 bits per heavy atom. The zero-order valence-electron chi connectivity index (χ0n) is 15.6. The minimum absolute atomic E-state index is 0.135. The molecule has 3 fully saturated rings. The van der Waals surface area contributed by atoms with Crippen molar-refractivity contribution < 1.29 is 0 Å². The Balaban J connectivity index is 1.64. The monoisotopic (exact) mass is 403 g/mol. The normalized spacial score (nSPS) is 41.2. The first-order valence-electron chi connectivity index (χ1n) is 9.74. The van der Waals surface area contributed by atoms with E-state index in [0.717, 1.165) is 35.4 Å². The standard InChI is InChI=1S/C21H29N3Se/c1-14-9-10-16-18(14)19-17(20(19,2)3)11-12-21(16,23-24-22)13-25-15-7-5-4-6-8-15/h4-8,14,16-19H,9-13H2,1-3H3/t14-,16-,17-,18-,19-,21+/m1/s1. The number of fused-ring (bicyclic) bond motifs is 3. The molecular weight excluding hydrogens is 373 g/mol. The molecule has 25 heavy (non-hydrogen) atoms. The summed E-state index contributed by atoms with van der Waals surface area (Å²) in [6.07, 6.45) is 4.93. The van der Waals surface area contributed by atoms with Crippen LogP contribution < -0.4 is 4.46 Å². The fourth-order valence-electron chi connectivity index (χ4n) is 6.29. The zero-order valence-corrected chi connectivity index (χ0v) is 17.3. The average Bonchev–Trinajstić information content (AvgIpc) is 2.99. The van der Waals surface area contributed by atoms with Gasteiger partial charge in [0.15, 0.2) is 0 Å². The van der Waals surface area contributed by atoms with Crippen LogP contribution in [-0.4, -0.2) is 20.5 Å². The Kier molecular flexibility index (Phi) is 4.43. The molecule has 3 aliphatic carbocycles. The van der Waals surface area contributed by atoms with Gasteiger partial charge in [-0.2, -0.15) is 0 Å². The summed E-state index contributed by atoms with van der Waals surface area (Å²) in [5.41, 5.74) is 9.78. The van der Waals surface area contributed by atoms with Gasteiger partial charge in [-0.1, -0.05) is 0 Å². The number of azide groups is 1. The maximum atomic E-state index is 9.40. The van der Waals surface area contributed by atoms with Crippen molar-refractivity contribution in [2.24, 2.45) is 40.1 Å². The Morgan fingerprint density at radius 3 is 2.64 bits per heavy atom. The summed E-state index contributed by atoms with van der Waals surface area (Å²) < 4.78 is 1.43. The van der Waals surface area contributed by atoms with Gasteiger partial charge in [0.2, 0.25) is 0 Å². The number of nitrogens with zero attached hydrogens (tertiary/aromatic N) is 3. The molecule has 3 aliphatic rings. The third-order valence-electron chi connectivity index (χ3n) is 7.66. The van der Waals surface area contributed by atoms with Crippen LogP contribution in [0.5, 0.6) is 0 Å². The van der Waals surface area contributed by atoms with Gasteiger partial charge in [0.05, 0.1) is 0 Å². The predicted octanol–water partition coefficient (Wildman–Crippen LogP) is 5.21. The molecule has 3 nitrogen and oxygen atoms in total. The van der Waals surface area contributed by atoms with E-state index in [2.05, 4.69) is 61.1 Å². The van der Waals surface area contributed by atoms with Crippen LogP contribution in [0.1, 0.15) is 46.5 Å². The summed E-state index contributed by atoms with van der Waals surface area (Å²) >= 11 is 0.385. The molecule has 1 aromatic carbocycles. The summed E-state index contributed by atoms with van der Waals surface area (Å²) in [6.45, 7) is 7.39. The van der Waals surface area contributed by atoms with Crippen molar-refractivity contribution >= 4 is 19.4 Å². The molecule has 0 spiro atoms. The number of hydrogen-bond donors (Lipinski definition) is 0. The molecule has 3 saturated carbocycles. The number of benzene rings is 1. The average molecular weight is 402 g/mol. The van der Waals surface area contributed by atoms with Gasteiger partial charge >= 0.3 is 158 Å². The van der Waals surface area contributed by atoms with Crippen LogP contribution in [0.15, 0.2) is 35.4 Å². The van der Waals surface area contributed by atoms with Crippen LogP contribution in [0, 0.1) is 35.0 Å². The summed E-state index contributed by atoms with van der Waals surface area (Å²) in [5, 5.41) is 5.64. The van der Waals surface area contributed by atoms with Crippen molar-refractivity contribution in [2.75, 3.05) is 0 Å². The van der Waals surface area contributed by atoms with E-state index in [0.29, 0.717) is 26.3 Å². The molecule has 134 valence electrons. The molecule has 0 saturated heterocycles. The molecule has 0 unspecified atom stereocenters. The zero-order chi connectivity index (χ0) is 17.7. The van der Waals surface area contributed by atoms with E-state index < -0.39 is 0 Å². The van der Waals surface area contributed by atoms with E-state index in [1.54, 1.807) is 0 Å². The third-order valence-corrected chi connectivity index (χ3v) is 10.3. The van der Waals surface area contributed by atoms with Crippen LogP contribution in [0.2, 0.25) is 5.32 Å². The fourth-order valence-corrected chi connectivity index (χ4v) is 8.78. The summed E-state index contributed by atoms with van der Waals surface area (Å²) in [7, 11) is 0. The van der Waals surface area contributed by atoms with Crippen molar-refractivity contribution in [3.8, 4) is 0 Å². The predicted molar refractivity (Wildman–Crippen MR) is 104 cm³/mol. The number of rotatable bonds is 4. The SMILES string of the molecule is C[C@@H]1CC[C@@H]2[C@@H]1[C@H]1[C@@H](CC[C@@]2(C[Se]c2ccccc2)N=[N+]=[N-])C1(C)C. The molecule has 0 radical (unpaired) electrons. The van der Waals surface area contributed by atoms with Crippen molar-refractivity contribution in [2.45, 2.75) is 57.3 Å². The number of hydrogen-bond acceptors (Lipinski definition) is 1. The van der Waals surface area contributed by atoms with E-state index in [1.807, 2.05) is 0 Å². The van der Waals surface area contributed by atoms with E-state index in [-0.39, 0.29) is 5.54 Å². The first kappa shape index (κ1) is 17.5. The molecule has 6 atom stereocenters. The van der Waals surface area contributed by atoms with Crippen LogP contribution in [-0.2, 0) is 0 Å². The topological polar surface area (TPSA) is 48.8 Å². The van der Waals surface area contributed by atoms with Gasteiger partial charge in [0.25, 0.3) is 0 Å². The molecule has 4 heteroatoms. The first-order valence-corrected chi connectivity index (χ1v) is 11.8. The van der Waals surface area contributed by atoms with Crippen molar-refractivity contribution in [3.05, 3.63) is 40.8 Å². The molecular formula is C21H29N3Se. The van der Waals surface area contributed by atoms with Gasteiger partial charge in [0.1, 0.15) is 0 Å². The summed E-state index contributed by atoms with van der Waals surface area (Å²) in [5.74, 6) is 3.85. The third kappa shape index (κ3) is 2.83. The van der Waals surface area contributed by atoms with Crippen molar-refractivity contribution in [3.63, 3.8) is 0 Å². The van der Waals surface area contributed by atoms with Gasteiger partial charge in [-0.05, 0) is 0 Å². The molecule has 4 rings (SSSR count). The quantitative estimate of drug-likeness (QED) is 0.287. The minimum atomic E-state index is -0.135. The van der Waals surface area contributed by atoms with Crippen molar-refractivity contribution in [1.29, 1.82) is 0 Å². The summed E-state index contributed by atoms with van der Waals surface area (Å²) in [4.78, 5) is 3.38.